The fourth-order valence-electron chi connectivity index (χ4n) is 2.81. The zero-order valence-electron chi connectivity index (χ0n) is 15.6. The second-order valence-electron chi connectivity index (χ2n) is 6.07. The summed E-state index contributed by atoms with van der Waals surface area (Å²) in [6.45, 7) is 4.00. The molecule has 0 aliphatic heterocycles. The van der Waals surface area contributed by atoms with Gasteiger partial charge in [-0.05, 0) is 49.4 Å². The van der Waals surface area contributed by atoms with Crippen LogP contribution in [0.3, 0.4) is 0 Å². The maximum Gasteiger partial charge on any atom is 0.325 e. The molecule has 1 heterocycles. The average molecular weight is 401 g/mol. The van der Waals surface area contributed by atoms with Gasteiger partial charge >= 0.3 is 5.97 Å². The summed E-state index contributed by atoms with van der Waals surface area (Å²) in [4.78, 5) is 30.5. The van der Waals surface area contributed by atoms with E-state index in [2.05, 4.69) is 4.99 Å². The Morgan fingerprint density at radius 1 is 1.19 bits per heavy atom. The number of carbonyl (C=O) groups excluding carboxylic acids is 2. The molecule has 0 saturated heterocycles. The van der Waals surface area contributed by atoms with Gasteiger partial charge in [-0.2, -0.15) is 4.99 Å². The van der Waals surface area contributed by atoms with Crippen LogP contribution in [0.5, 0.6) is 0 Å². The second-order valence-corrected chi connectivity index (χ2v) is 7.93. The highest BCUT2D eigenvalue weighted by atomic mass is 32.2. The van der Waals surface area contributed by atoms with Crippen molar-refractivity contribution in [2.75, 3.05) is 13.4 Å². The van der Waals surface area contributed by atoms with E-state index in [0.29, 0.717) is 10.4 Å². The van der Waals surface area contributed by atoms with Crippen LogP contribution in [0.1, 0.15) is 21.5 Å². The Hall–Kier alpha value is -2.38. The minimum atomic E-state index is -0.381. The number of fused-ring (bicyclic) bond motifs is 1. The van der Waals surface area contributed by atoms with E-state index < -0.39 is 0 Å². The van der Waals surface area contributed by atoms with Gasteiger partial charge in [-0.1, -0.05) is 29.5 Å². The van der Waals surface area contributed by atoms with Gasteiger partial charge in [-0.3, -0.25) is 9.59 Å². The molecule has 3 aromatic rings. The molecule has 0 aliphatic carbocycles. The number of benzene rings is 2. The minimum absolute atomic E-state index is 0.0117. The van der Waals surface area contributed by atoms with E-state index in [-0.39, 0.29) is 18.4 Å². The number of rotatable bonds is 4. The smallest absolute Gasteiger partial charge is 0.325 e. The highest BCUT2D eigenvalue weighted by Gasteiger charge is 2.15. The highest BCUT2D eigenvalue weighted by Crippen LogP contribution is 2.25. The minimum Gasteiger partial charge on any atom is -0.468 e. The number of aromatic nitrogens is 1. The molecule has 5 nitrogen and oxygen atoms in total. The number of ether oxygens (including phenoxy) is 1. The maximum absolute atomic E-state index is 12.7. The van der Waals surface area contributed by atoms with Gasteiger partial charge in [0.15, 0.2) is 4.80 Å². The topological polar surface area (TPSA) is 60.7 Å². The maximum atomic E-state index is 12.7. The molecule has 0 bridgehead atoms. The zero-order chi connectivity index (χ0) is 19.6. The summed E-state index contributed by atoms with van der Waals surface area (Å²) in [5.41, 5.74) is 3.54. The van der Waals surface area contributed by atoms with Gasteiger partial charge < -0.3 is 9.30 Å². The molecular formula is C20H20N2O3S2. The van der Waals surface area contributed by atoms with E-state index in [0.717, 1.165) is 26.2 Å². The van der Waals surface area contributed by atoms with Crippen LogP contribution in [0.15, 0.2) is 46.3 Å². The first kappa shape index (κ1) is 19.4. The van der Waals surface area contributed by atoms with E-state index in [1.165, 1.54) is 18.4 Å². The van der Waals surface area contributed by atoms with Crippen molar-refractivity contribution in [3.63, 3.8) is 0 Å². The largest absolute Gasteiger partial charge is 0.468 e. The van der Waals surface area contributed by atoms with E-state index in [9.17, 15) is 9.59 Å². The number of thiazole rings is 1. The molecule has 0 unspecified atom stereocenters. The normalized spacial score (nSPS) is 11.8. The van der Waals surface area contributed by atoms with Crippen molar-refractivity contribution >= 4 is 45.2 Å². The number of nitrogens with zero attached hydrogens (tertiary/aromatic N) is 2. The molecule has 0 atom stereocenters. The highest BCUT2D eigenvalue weighted by molar-refractivity contribution is 7.98. The molecule has 0 N–H and O–H groups in total. The van der Waals surface area contributed by atoms with Gasteiger partial charge in [0.25, 0.3) is 5.91 Å². The average Bonchev–Trinajstić information content (AvgIpc) is 3.03. The third-order valence-corrected chi connectivity index (χ3v) is 6.19. The molecule has 3 rings (SSSR count). The lowest BCUT2D eigenvalue weighted by molar-refractivity contribution is -0.141. The van der Waals surface area contributed by atoms with Crippen LogP contribution in [-0.4, -0.2) is 29.8 Å². The molecule has 0 fully saturated rings. The Labute approximate surface area is 165 Å². The molecule has 27 heavy (non-hydrogen) atoms. The first-order chi connectivity index (χ1) is 12.9. The Balaban J connectivity index is 2.20. The lowest BCUT2D eigenvalue weighted by Gasteiger charge is -2.06. The van der Waals surface area contributed by atoms with Crippen molar-refractivity contribution < 1.29 is 14.3 Å². The molecule has 0 spiro atoms. The van der Waals surface area contributed by atoms with Gasteiger partial charge in [0, 0.05) is 10.5 Å². The Bertz CT molecular complexity index is 1100. The van der Waals surface area contributed by atoms with Crippen LogP contribution >= 0.6 is 23.1 Å². The molecule has 0 saturated carbocycles. The lowest BCUT2D eigenvalue weighted by Crippen LogP contribution is -2.22. The van der Waals surface area contributed by atoms with Crippen LogP contribution in [0.25, 0.3) is 10.2 Å². The number of methoxy groups -OCH3 is 1. The second kappa shape index (κ2) is 8.10. The monoisotopic (exact) mass is 400 g/mol. The van der Waals surface area contributed by atoms with Gasteiger partial charge in [0.2, 0.25) is 0 Å². The number of hydrogen-bond acceptors (Lipinski definition) is 5. The van der Waals surface area contributed by atoms with Gasteiger partial charge in [0.05, 0.1) is 17.3 Å². The Morgan fingerprint density at radius 3 is 2.63 bits per heavy atom. The summed E-state index contributed by atoms with van der Waals surface area (Å²) in [6, 6.07) is 11.4. The zero-order valence-corrected chi connectivity index (χ0v) is 17.2. The van der Waals surface area contributed by atoms with Crippen molar-refractivity contribution in [1.29, 1.82) is 0 Å². The van der Waals surface area contributed by atoms with Crippen LogP contribution in [0.2, 0.25) is 0 Å². The molecule has 0 radical (unpaired) electrons. The third-order valence-electron chi connectivity index (χ3n) is 4.25. The van der Waals surface area contributed by atoms with Crippen LogP contribution < -0.4 is 4.80 Å². The summed E-state index contributed by atoms with van der Waals surface area (Å²) >= 11 is 2.98. The van der Waals surface area contributed by atoms with Crippen molar-refractivity contribution in [1.82, 2.24) is 4.57 Å². The van der Waals surface area contributed by atoms with Gasteiger partial charge in [-0.25, -0.2) is 0 Å². The fraction of sp³-hybridized carbons (Fsp3) is 0.250. The molecule has 1 aromatic heterocycles. The molecule has 7 heteroatoms. The molecule has 140 valence electrons. The summed E-state index contributed by atoms with van der Waals surface area (Å²) in [5, 5.41) is 0. The predicted octanol–water partition coefficient (Wildman–Crippen LogP) is 3.96. The van der Waals surface area contributed by atoms with E-state index in [1.54, 1.807) is 22.4 Å². The van der Waals surface area contributed by atoms with Crippen molar-refractivity contribution in [3.05, 3.63) is 57.9 Å². The lowest BCUT2D eigenvalue weighted by atomic mass is 10.1. The van der Waals surface area contributed by atoms with Crippen LogP contribution in [-0.2, 0) is 16.1 Å². The number of hydrogen-bond donors (Lipinski definition) is 0. The predicted molar refractivity (Wildman–Crippen MR) is 109 cm³/mol. The summed E-state index contributed by atoms with van der Waals surface area (Å²) in [5.74, 6) is -0.708. The number of esters is 1. The summed E-state index contributed by atoms with van der Waals surface area (Å²) in [7, 11) is 1.35. The Kier molecular flexibility index (Phi) is 5.82. The van der Waals surface area contributed by atoms with Gasteiger partial charge in [0.1, 0.15) is 6.54 Å². The standard InChI is InChI=1S/C20H20N2O3S2/c1-12-8-9-13(2)18-17(12)22(11-16(23)25-3)20(27-18)21-19(24)14-6-5-7-15(10-14)26-4/h5-10H,11H2,1-4H3. The van der Waals surface area contributed by atoms with Gasteiger partial charge in [-0.15, -0.1) is 11.8 Å². The van der Waals surface area contributed by atoms with E-state index >= 15 is 0 Å². The molecule has 0 aliphatic rings. The fourth-order valence-corrected chi connectivity index (χ4v) is 4.44. The summed E-state index contributed by atoms with van der Waals surface area (Å²) in [6.07, 6.45) is 1.96. The Morgan fingerprint density at radius 2 is 1.93 bits per heavy atom. The molecular weight excluding hydrogens is 380 g/mol. The number of aryl methyl sites for hydroxylation is 2. The van der Waals surface area contributed by atoms with Crippen LogP contribution in [0.4, 0.5) is 0 Å². The van der Waals surface area contributed by atoms with Crippen molar-refractivity contribution in [2.24, 2.45) is 4.99 Å². The number of amides is 1. The van der Waals surface area contributed by atoms with Crippen LogP contribution in [0, 0.1) is 13.8 Å². The third kappa shape index (κ3) is 3.99. The number of thioether (sulfide) groups is 1. The first-order valence-electron chi connectivity index (χ1n) is 8.34. The van der Waals surface area contributed by atoms with Crippen molar-refractivity contribution in [3.8, 4) is 0 Å². The summed E-state index contributed by atoms with van der Waals surface area (Å²) < 4.78 is 7.62. The number of carbonyl (C=O) groups is 2. The quantitative estimate of drug-likeness (QED) is 0.491. The first-order valence-corrected chi connectivity index (χ1v) is 10.4. The molecule has 1 amide bonds. The van der Waals surface area contributed by atoms with E-state index in [1.807, 2.05) is 50.4 Å². The van der Waals surface area contributed by atoms with E-state index in [4.69, 9.17) is 4.74 Å². The SMILES string of the molecule is COC(=O)Cn1c(=NC(=O)c2cccc(SC)c2)sc2c(C)ccc(C)c21. The van der Waals surface area contributed by atoms with Crippen molar-refractivity contribution in [2.45, 2.75) is 25.3 Å². The molecule has 2 aromatic carbocycles.